The van der Waals surface area contributed by atoms with Crippen LogP contribution >= 0.6 is 0 Å². The standard InChI is InChI=1S/C29H25FN8O4/c1-4-28(39)37-14-19(15-37)41-25-12-20-23(13-24(25)40-3)31-16-32-29(20)33-22-7-6-18(11-21(22)30)42-27-9-10-38(36-27)26-8-5-17(2)34-35-26/h4-13,16,19H,1,14-15H2,2-3H3,(H,31,32,33). The van der Waals surface area contributed by atoms with Gasteiger partial charge in [0.1, 0.15) is 29.8 Å². The molecule has 1 N–H and O–H groups in total. The van der Waals surface area contributed by atoms with E-state index in [1.807, 2.05) is 13.0 Å². The van der Waals surface area contributed by atoms with Crippen LogP contribution < -0.4 is 19.5 Å². The molecule has 6 rings (SSSR count). The van der Waals surface area contributed by atoms with Crippen LogP contribution in [-0.2, 0) is 4.79 Å². The minimum Gasteiger partial charge on any atom is -0.493 e. The van der Waals surface area contributed by atoms with Crippen molar-refractivity contribution in [2.24, 2.45) is 0 Å². The summed E-state index contributed by atoms with van der Waals surface area (Å²) in [4.78, 5) is 22.0. The molecule has 2 aromatic carbocycles. The second kappa shape index (κ2) is 11.1. The number of ether oxygens (including phenoxy) is 3. The Morgan fingerprint density at radius 1 is 1.10 bits per heavy atom. The van der Waals surface area contributed by atoms with Gasteiger partial charge in [-0.1, -0.05) is 6.58 Å². The molecule has 212 valence electrons. The van der Waals surface area contributed by atoms with E-state index in [2.05, 4.69) is 37.2 Å². The molecule has 1 saturated heterocycles. The summed E-state index contributed by atoms with van der Waals surface area (Å²) in [6, 6.07) is 13.1. The highest BCUT2D eigenvalue weighted by molar-refractivity contribution is 5.93. The number of carbonyl (C=O) groups is 1. The van der Waals surface area contributed by atoms with Crippen molar-refractivity contribution < 1.29 is 23.4 Å². The monoisotopic (exact) mass is 568 g/mol. The van der Waals surface area contributed by atoms with Crippen LogP contribution in [0, 0.1) is 12.7 Å². The van der Waals surface area contributed by atoms with Crippen molar-refractivity contribution in [2.45, 2.75) is 13.0 Å². The van der Waals surface area contributed by atoms with Crippen LogP contribution in [-0.4, -0.2) is 67.1 Å². The molecule has 1 fully saturated rings. The lowest BCUT2D eigenvalue weighted by Gasteiger charge is -2.38. The second-order valence-electron chi connectivity index (χ2n) is 9.43. The smallest absolute Gasteiger partial charge is 0.246 e. The van der Waals surface area contributed by atoms with Gasteiger partial charge in [-0.25, -0.2) is 19.0 Å². The van der Waals surface area contributed by atoms with Gasteiger partial charge in [-0.3, -0.25) is 4.79 Å². The number of anilines is 2. The average molecular weight is 569 g/mol. The van der Waals surface area contributed by atoms with Crippen LogP contribution in [0.3, 0.4) is 0 Å². The third-order valence-electron chi connectivity index (χ3n) is 6.55. The van der Waals surface area contributed by atoms with Gasteiger partial charge in [0.05, 0.1) is 37.1 Å². The van der Waals surface area contributed by atoms with Crippen molar-refractivity contribution in [3.8, 4) is 28.9 Å². The summed E-state index contributed by atoms with van der Waals surface area (Å²) in [5, 5.41) is 16.1. The molecule has 42 heavy (non-hydrogen) atoms. The maximum Gasteiger partial charge on any atom is 0.246 e. The number of aromatic nitrogens is 6. The summed E-state index contributed by atoms with van der Waals surface area (Å²) in [5.41, 5.74) is 1.54. The Morgan fingerprint density at radius 2 is 1.95 bits per heavy atom. The number of hydrogen-bond acceptors (Lipinski definition) is 10. The molecule has 0 aliphatic carbocycles. The first kappa shape index (κ1) is 26.6. The molecule has 0 radical (unpaired) electrons. The number of rotatable bonds is 9. The Balaban J connectivity index is 1.19. The summed E-state index contributed by atoms with van der Waals surface area (Å²) in [6.45, 7) is 6.22. The number of halogens is 1. The van der Waals surface area contributed by atoms with E-state index >= 15 is 4.39 Å². The van der Waals surface area contributed by atoms with Gasteiger partial charge in [-0.15, -0.1) is 10.2 Å². The van der Waals surface area contributed by atoms with Crippen LogP contribution in [0.25, 0.3) is 16.7 Å². The van der Waals surface area contributed by atoms with E-state index in [1.165, 1.54) is 30.3 Å². The number of methoxy groups -OCH3 is 1. The minimum absolute atomic E-state index is 0.148. The number of aryl methyl sites for hydroxylation is 1. The molecular formula is C29H25FN8O4. The predicted molar refractivity (Wildman–Crippen MR) is 151 cm³/mol. The number of hydrogen-bond donors (Lipinski definition) is 1. The fourth-order valence-corrected chi connectivity index (χ4v) is 4.33. The highest BCUT2D eigenvalue weighted by atomic mass is 19.1. The van der Waals surface area contributed by atoms with Crippen LogP contribution in [0.5, 0.6) is 23.1 Å². The molecule has 3 aromatic heterocycles. The quantitative estimate of drug-likeness (QED) is 0.256. The largest absolute Gasteiger partial charge is 0.493 e. The van der Waals surface area contributed by atoms with E-state index < -0.39 is 5.82 Å². The highest BCUT2D eigenvalue weighted by Gasteiger charge is 2.31. The Morgan fingerprint density at radius 3 is 2.69 bits per heavy atom. The summed E-state index contributed by atoms with van der Waals surface area (Å²) in [6.07, 6.45) is 4.12. The topological polar surface area (TPSA) is 129 Å². The van der Waals surface area contributed by atoms with Gasteiger partial charge in [-0.2, -0.15) is 5.10 Å². The first-order valence-electron chi connectivity index (χ1n) is 12.9. The van der Waals surface area contributed by atoms with Gasteiger partial charge in [0.2, 0.25) is 11.8 Å². The molecule has 5 aromatic rings. The average Bonchev–Trinajstić information content (AvgIpc) is 3.44. The molecule has 0 saturated carbocycles. The molecule has 1 aliphatic rings. The number of amides is 1. The van der Waals surface area contributed by atoms with E-state index in [9.17, 15) is 4.79 Å². The predicted octanol–water partition coefficient (Wildman–Crippen LogP) is 4.37. The lowest BCUT2D eigenvalue weighted by Crippen LogP contribution is -2.55. The van der Waals surface area contributed by atoms with Crippen molar-refractivity contribution in [3.05, 3.63) is 85.2 Å². The fraction of sp³-hybridized carbons (Fsp3) is 0.172. The van der Waals surface area contributed by atoms with Gasteiger partial charge < -0.3 is 24.4 Å². The highest BCUT2D eigenvalue weighted by Crippen LogP contribution is 2.36. The third kappa shape index (κ3) is 5.39. The Labute approximate surface area is 239 Å². The number of likely N-dealkylation sites (tertiary alicyclic amines) is 1. The number of nitrogens with one attached hydrogen (secondary N) is 1. The molecule has 1 aliphatic heterocycles. The minimum atomic E-state index is -0.561. The van der Waals surface area contributed by atoms with Crippen molar-refractivity contribution in [1.29, 1.82) is 0 Å². The zero-order valence-corrected chi connectivity index (χ0v) is 22.7. The maximum absolute atomic E-state index is 15.2. The van der Waals surface area contributed by atoms with Gasteiger partial charge in [0.15, 0.2) is 17.3 Å². The fourth-order valence-electron chi connectivity index (χ4n) is 4.33. The normalized spacial score (nSPS) is 13.0. The zero-order valence-electron chi connectivity index (χ0n) is 22.7. The molecule has 0 bridgehead atoms. The zero-order chi connectivity index (χ0) is 29.2. The summed E-state index contributed by atoms with van der Waals surface area (Å²) < 4.78 is 34.1. The molecular weight excluding hydrogens is 543 g/mol. The molecule has 0 spiro atoms. The van der Waals surface area contributed by atoms with E-state index in [0.29, 0.717) is 47.1 Å². The van der Waals surface area contributed by atoms with Crippen LogP contribution in [0.1, 0.15) is 5.69 Å². The van der Waals surface area contributed by atoms with E-state index in [-0.39, 0.29) is 29.3 Å². The molecule has 0 unspecified atom stereocenters. The first-order chi connectivity index (χ1) is 20.4. The number of carbonyl (C=O) groups excluding carboxylic acids is 1. The summed E-state index contributed by atoms with van der Waals surface area (Å²) >= 11 is 0. The Kier molecular flexibility index (Phi) is 7.05. The molecule has 1 amide bonds. The number of fused-ring (bicyclic) bond motifs is 1. The van der Waals surface area contributed by atoms with Crippen LogP contribution in [0.2, 0.25) is 0 Å². The number of nitrogens with zero attached hydrogens (tertiary/aromatic N) is 7. The summed E-state index contributed by atoms with van der Waals surface area (Å²) in [5.74, 6) is 1.65. The first-order valence-corrected chi connectivity index (χ1v) is 12.9. The van der Waals surface area contributed by atoms with Gasteiger partial charge in [0, 0.05) is 29.8 Å². The molecule has 4 heterocycles. The Hall–Kier alpha value is -5.59. The lowest BCUT2D eigenvalue weighted by atomic mass is 10.1. The van der Waals surface area contributed by atoms with Crippen LogP contribution in [0.15, 0.2) is 73.7 Å². The van der Waals surface area contributed by atoms with Crippen LogP contribution in [0.4, 0.5) is 15.9 Å². The second-order valence-corrected chi connectivity index (χ2v) is 9.43. The maximum atomic E-state index is 15.2. The van der Waals surface area contributed by atoms with Crippen molar-refractivity contribution >= 4 is 28.3 Å². The van der Waals surface area contributed by atoms with Gasteiger partial charge in [0.25, 0.3) is 0 Å². The SMILES string of the molecule is C=CC(=O)N1CC(Oc2cc3c(Nc4ccc(Oc5ccn(-c6ccc(C)nn6)n5)cc4F)ncnc3cc2OC)C1. The van der Waals surface area contributed by atoms with E-state index in [0.717, 1.165) is 5.69 Å². The lowest BCUT2D eigenvalue weighted by molar-refractivity contribution is -0.134. The molecule has 0 atom stereocenters. The summed E-state index contributed by atoms with van der Waals surface area (Å²) in [7, 11) is 1.53. The Bertz CT molecular complexity index is 1790. The number of benzene rings is 2. The molecule has 12 nitrogen and oxygen atoms in total. The molecule has 13 heteroatoms. The van der Waals surface area contributed by atoms with Crippen molar-refractivity contribution in [3.63, 3.8) is 0 Å². The van der Waals surface area contributed by atoms with E-state index in [1.54, 1.807) is 47.5 Å². The van der Waals surface area contributed by atoms with Crippen molar-refractivity contribution in [2.75, 3.05) is 25.5 Å². The van der Waals surface area contributed by atoms with Gasteiger partial charge >= 0.3 is 0 Å². The van der Waals surface area contributed by atoms with Gasteiger partial charge in [-0.05, 0) is 43.3 Å². The van der Waals surface area contributed by atoms with E-state index in [4.69, 9.17) is 14.2 Å². The third-order valence-corrected chi connectivity index (χ3v) is 6.55. The van der Waals surface area contributed by atoms with Crippen molar-refractivity contribution in [1.82, 2.24) is 34.8 Å².